The van der Waals surface area contributed by atoms with Crippen LogP contribution < -0.4 is 4.74 Å². The van der Waals surface area contributed by atoms with Crippen LogP contribution in [0.2, 0.25) is 0 Å². The summed E-state index contributed by atoms with van der Waals surface area (Å²) in [4.78, 5) is 12.1. The van der Waals surface area contributed by atoms with Gasteiger partial charge >= 0.3 is 5.97 Å². The number of esters is 1. The molecule has 120 valence electrons. The molecule has 0 unspecified atom stereocenters. The lowest BCUT2D eigenvalue weighted by molar-refractivity contribution is 0.0726. The number of ether oxygens (including phenoxy) is 1. The van der Waals surface area contributed by atoms with Crippen LogP contribution in [0.5, 0.6) is 5.75 Å². The summed E-state index contributed by atoms with van der Waals surface area (Å²) in [5, 5.41) is 0. The van der Waals surface area contributed by atoms with Gasteiger partial charge in [0.1, 0.15) is 0 Å². The Morgan fingerprint density at radius 3 is 2.04 bits per heavy atom. The highest BCUT2D eigenvalue weighted by molar-refractivity contribution is 5.91. The number of halogens is 2. The molecule has 3 aromatic carbocycles. The van der Waals surface area contributed by atoms with E-state index in [1.807, 2.05) is 31.2 Å². The van der Waals surface area contributed by atoms with E-state index >= 15 is 0 Å². The van der Waals surface area contributed by atoms with Crippen LogP contribution in [0, 0.1) is 18.6 Å². The quantitative estimate of drug-likeness (QED) is 0.491. The molecule has 3 rings (SSSR count). The number of benzene rings is 3. The summed E-state index contributed by atoms with van der Waals surface area (Å²) in [7, 11) is 0. The van der Waals surface area contributed by atoms with Gasteiger partial charge < -0.3 is 4.74 Å². The topological polar surface area (TPSA) is 26.3 Å². The number of rotatable bonds is 3. The van der Waals surface area contributed by atoms with Gasteiger partial charge in [-0.25, -0.2) is 9.18 Å². The molecule has 0 aliphatic heterocycles. The fourth-order valence-electron chi connectivity index (χ4n) is 2.27. The minimum absolute atomic E-state index is 0.259. The predicted molar refractivity (Wildman–Crippen MR) is 87.9 cm³/mol. The Morgan fingerprint density at radius 1 is 0.833 bits per heavy atom. The van der Waals surface area contributed by atoms with Crippen LogP contribution in [0.4, 0.5) is 8.78 Å². The van der Waals surface area contributed by atoms with E-state index < -0.39 is 23.4 Å². The van der Waals surface area contributed by atoms with Crippen LogP contribution in [0.25, 0.3) is 11.1 Å². The molecule has 0 N–H and O–H groups in total. The molecule has 3 aromatic rings. The van der Waals surface area contributed by atoms with E-state index in [4.69, 9.17) is 4.74 Å². The van der Waals surface area contributed by atoms with E-state index in [2.05, 4.69) is 0 Å². The molecule has 0 radical (unpaired) electrons. The van der Waals surface area contributed by atoms with Gasteiger partial charge in [-0.15, -0.1) is 0 Å². The first-order valence-electron chi connectivity index (χ1n) is 7.38. The molecule has 0 spiro atoms. The summed E-state index contributed by atoms with van der Waals surface area (Å²) in [6, 6.07) is 18.2. The molecule has 2 nitrogen and oxygen atoms in total. The summed E-state index contributed by atoms with van der Waals surface area (Å²) < 4.78 is 31.6. The van der Waals surface area contributed by atoms with Crippen LogP contribution in [-0.2, 0) is 0 Å². The monoisotopic (exact) mass is 324 g/mol. The van der Waals surface area contributed by atoms with Crippen LogP contribution in [0.15, 0.2) is 66.7 Å². The van der Waals surface area contributed by atoms with Crippen molar-refractivity contribution in [2.75, 3.05) is 0 Å². The van der Waals surface area contributed by atoms with Crippen molar-refractivity contribution in [1.29, 1.82) is 0 Å². The zero-order valence-corrected chi connectivity index (χ0v) is 12.9. The van der Waals surface area contributed by atoms with E-state index in [0.29, 0.717) is 0 Å². The van der Waals surface area contributed by atoms with Gasteiger partial charge in [-0.05, 0) is 42.3 Å². The molecular weight excluding hydrogens is 310 g/mol. The number of aryl methyl sites for hydroxylation is 1. The maximum Gasteiger partial charge on any atom is 0.343 e. The van der Waals surface area contributed by atoms with E-state index in [9.17, 15) is 13.6 Å². The molecule has 0 aliphatic carbocycles. The van der Waals surface area contributed by atoms with Crippen molar-refractivity contribution in [3.63, 3.8) is 0 Å². The second-order valence-corrected chi connectivity index (χ2v) is 5.38. The lowest BCUT2D eigenvalue weighted by Crippen LogP contribution is -2.09. The number of carbonyl (C=O) groups is 1. The van der Waals surface area contributed by atoms with Crippen LogP contribution >= 0.6 is 0 Å². The average Bonchev–Trinajstić information content (AvgIpc) is 2.60. The van der Waals surface area contributed by atoms with Crippen molar-refractivity contribution >= 4 is 5.97 Å². The van der Waals surface area contributed by atoms with Gasteiger partial charge in [0, 0.05) is 0 Å². The lowest BCUT2D eigenvalue weighted by atomic mass is 10.0. The van der Waals surface area contributed by atoms with Crippen molar-refractivity contribution < 1.29 is 18.3 Å². The number of hydrogen-bond donors (Lipinski definition) is 0. The van der Waals surface area contributed by atoms with E-state index in [1.165, 1.54) is 12.1 Å². The van der Waals surface area contributed by atoms with Crippen molar-refractivity contribution in [3.05, 3.63) is 89.5 Å². The van der Waals surface area contributed by atoms with Gasteiger partial charge in [0.2, 0.25) is 5.82 Å². The zero-order chi connectivity index (χ0) is 17.1. The SMILES string of the molecule is Cc1ccc(-c2ccc(C(=O)Oc3cccc(F)c3F)cc2)cc1. The standard InChI is InChI=1S/C20H14F2O2/c1-13-5-7-14(8-6-13)15-9-11-16(12-10-15)20(23)24-18-4-2-3-17(21)19(18)22/h2-12H,1H3. The number of carbonyl (C=O) groups excluding carboxylic acids is 1. The Bertz CT molecular complexity index is 869. The Balaban J connectivity index is 1.79. The Labute approximate surface area is 138 Å². The first-order valence-corrected chi connectivity index (χ1v) is 7.38. The predicted octanol–water partition coefficient (Wildman–Crippen LogP) is 5.16. The molecule has 4 heteroatoms. The van der Waals surface area contributed by atoms with Gasteiger partial charge in [-0.2, -0.15) is 4.39 Å². The van der Waals surface area contributed by atoms with Crippen molar-refractivity contribution in [2.45, 2.75) is 6.92 Å². The summed E-state index contributed by atoms with van der Waals surface area (Å²) in [6.07, 6.45) is 0. The summed E-state index contributed by atoms with van der Waals surface area (Å²) >= 11 is 0. The second-order valence-electron chi connectivity index (χ2n) is 5.38. The van der Waals surface area contributed by atoms with Gasteiger partial charge in [0.25, 0.3) is 0 Å². The summed E-state index contributed by atoms with van der Waals surface area (Å²) in [6.45, 7) is 2.01. The third-order valence-corrected chi connectivity index (χ3v) is 3.62. The summed E-state index contributed by atoms with van der Waals surface area (Å²) in [5.74, 6) is -3.41. The zero-order valence-electron chi connectivity index (χ0n) is 12.9. The highest BCUT2D eigenvalue weighted by atomic mass is 19.2. The lowest BCUT2D eigenvalue weighted by Gasteiger charge is -2.07. The van der Waals surface area contributed by atoms with Crippen molar-refractivity contribution in [3.8, 4) is 16.9 Å². The van der Waals surface area contributed by atoms with Crippen LogP contribution in [-0.4, -0.2) is 5.97 Å². The normalized spacial score (nSPS) is 10.5. The second kappa shape index (κ2) is 6.62. The third kappa shape index (κ3) is 3.33. The van der Waals surface area contributed by atoms with Crippen molar-refractivity contribution in [2.24, 2.45) is 0 Å². The fourth-order valence-corrected chi connectivity index (χ4v) is 2.27. The van der Waals surface area contributed by atoms with Crippen LogP contribution in [0.3, 0.4) is 0 Å². The minimum Gasteiger partial charge on any atom is -0.420 e. The first kappa shape index (κ1) is 15.9. The molecule has 0 aliphatic rings. The molecule has 0 aromatic heterocycles. The molecule has 0 saturated heterocycles. The van der Waals surface area contributed by atoms with Gasteiger partial charge in [0.05, 0.1) is 5.56 Å². The smallest absolute Gasteiger partial charge is 0.343 e. The van der Waals surface area contributed by atoms with E-state index in [-0.39, 0.29) is 5.56 Å². The first-order chi connectivity index (χ1) is 11.5. The summed E-state index contributed by atoms with van der Waals surface area (Å²) in [5.41, 5.74) is 3.39. The highest BCUT2D eigenvalue weighted by Gasteiger charge is 2.14. The van der Waals surface area contributed by atoms with Gasteiger partial charge in [-0.3, -0.25) is 0 Å². The largest absolute Gasteiger partial charge is 0.420 e. The molecule has 0 bridgehead atoms. The molecule has 0 amide bonds. The Kier molecular flexibility index (Phi) is 4.38. The molecule has 0 heterocycles. The third-order valence-electron chi connectivity index (χ3n) is 3.62. The fraction of sp³-hybridized carbons (Fsp3) is 0.0500. The molecular formula is C20H14F2O2. The minimum atomic E-state index is -1.18. The molecule has 0 fully saturated rings. The number of hydrogen-bond acceptors (Lipinski definition) is 2. The molecule has 0 atom stereocenters. The van der Waals surface area contributed by atoms with E-state index in [0.717, 1.165) is 22.8 Å². The van der Waals surface area contributed by atoms with Gasteiger partial charge in [0.15, 0.2) is 11.6 Å². The highest BCUT2D eigenvalue weighted by Crippen LogP contribution is 2.23. The maximum absolute atomic E-state index is 13.5. The van der Waals surface area contributed by atoms with E-state index in [1.54, 1.807) is 24.3 Å². The molecule has 24 heavy (non-hydrogen) atoms. The Morgan fingerprint density at radius 2 is 1.42 bits per heavy atom. The average molecular weight is 324 g/mol. The van der Waals surface area contributed by atoms with Crippen molar-refractivity contribution in [1.82, 2.24) is 0 Å². The van der Waals surface area contributed by atoms with Crippen LogP contribution in [0.1, 0.15) is 15.9 Å². The Hall–Kier alpha value is -3.01. The van der Waals surface area contributed by atoms with Gasteiger partial charge in [-0.1, -0.05) is 48.0 Å². The maximum atomic E-state index is 13.5. The molecule has 0 saturated carbocycles.